The predicted octanol–water partition coefficient (Wildman–Crippen LogP) is 4.02. The van der Waals surface area contributed by atoms with Gasteiger partial charge in [0.15, 0.2) is 17.3 Å². The number of rotatable bonds is 6. The average Bonchev–Trinajstić information content (AvgIpc) is 2.83. The van der Waals surface area contributed by atoms with Crippen molar-refractivity contribution < 1.29 is 23.8 Å². The highest BCUT2D eigenvalue weighted by Crippen LogP contribution is 2.48. The Labute approximate surface area is 199 Å². The molecule has 1 atom stereocenters. The first kappa shape index (κ1) is 23.4. The number of benzene rings is 1. The zero-order valence-electron chi connectivity index (χ0n) is 20.1. The van der Waals surface area contributed by atoms with E-state index in [1.54, 1.807) is 45.7 Å². The molecule has 8 nitrogen and oxygen atoms in total. The number of Topliss-reactive ketones (excluding diaryl/α,β-unsaturated/α-hetero) is 1. The van der Waals surface area contributed by atoms with Gasteiger partial charge in [0.2, 0.25) is 0 Å². The molecule has 0 saturated carbocycles. The van der Waals surface area contributed by atoms with E-state index in [4.69, 9.17) is 14.2 Å². The van der Waals surface area contributed by atoms with Crippen LogP contribution in [0.2, 0.25) is 0 Å². The summed E-state index contributed by atoms with van der Waals surface area (Å²) < 4.78 is 16.7. The Hall–Kier alpha value is -3.81. The number of aromatic nitrogens is 1. The lowest BCUT2D eigenvalue weighted by Gasteiger charge is -2.35. The van der Waals surface area contributed by atoms with Gasteiger partial charge in [-0.25, -0.2) is 4.98 Å². The lowest BCUT2D eigenvalue weighted by Crippen LogP contribution is -2.35. The van der Waals surface area contributed by atoms with Crippen molar-refractivity contribution in [2.24, 2.45) is 0 Å². The third-order valence-electron chi connectivity index (χ3n) is 6.22. The second kappa shape index (κ2) is 9.59. The number of pyridine rings is 1. The van der Waals surface area contributed by atoms with Crippen molar-refractivity contribution in [3.63, 3.8) is 0 Å². The SMILES string of the molecule is COc1cc(OC)c([C@@H]2C(C(=O)Nc3ccc(C)cn3)=C(C)NC3=C2C(=O)CCC3)cc1OC. The number of ether oxygens (including phenoxy) is 3. The van der Waals surface area contributed by atoms with Gasteiger partial charge in [0.05, 0.1) is 27.2 Å². The Morgan fingerprint density at radius 3 is 2.38 bits per heavy atom. The van der Waals surface area contributed by atoms with Crippen molar-refractivity contribution in [3.8, 4) is 17.2 Å². The number of nitrogens with zero attached hydrogens (tertiary/aromatic N) is 1. The second-order valence-corrected chi connectivity index (χ2v) is 8.39. The van der Waals surface area contributed by atoms with Crippen molar-refractivity contribution in [3.05, 3.63) is 64.1 Å². The van der Waals surface area contributed by atoms with Crippen LogP contribution in [0.5, 0.6) is 17.2 Å². The van der Waals surface area contributed by atoms with E-state index in [2.05, 4.69) is 15.6 Å². The van der Waals surface area contributed by atoms with Crippen LogP contribution in [-0.4, -0.2) is 38.0 Å². The van der Waals surface area contributed by atoms with E-state index in [0.29, 0.717) is 51.9 Å². The number of carbonyl (C=O) groups excluding carboxylic acids is 2. The van der Waals surface area contributed by atoms with Gasteiger partial charge in [0, 0.05) is 46.8 Å². The number of ketones is 1. The van der Waals surface area contributed by atoms with Gasteiger partial charge in [-0.2, -0.15) is 0 Å². The summed E-state index contributed by atoms with van der Waals surface area (Å²) >= 11 is 0. The monoisotopic (exact) mass is 463 g/mol. The lowest BCUT2D eigenvalue weighted by atomic mass is 9.74. The van der Waals surface area contributed by atoms with Gasteiger partial charge in [-0.1, -0.05) is 6.07 Å². The molecule has 0 radical (unpaired) electrons. The van der Waals surface area contributed by atoms with Crippen LogP contribution in [-0.2, 0) is 9.59 Å². The maximum Gasteiger partial charge on any atom is 0.255 e. The Morgan fingerprint density at radius 2 is 1.74 bits per heavy atom. The molecular formula is C26H29N3O5. The Morgan fingerprint density at radius 1 is 1.03 bits per heavy atom. The molecule has 1 amide bonds. The fourth-order valence-corrected chi connectivity index (χ4v) is 4.60. The molecule has 0 unspecified atom stereocenters. The van der Waals surface area contributed by atoms with E-state index in [9.17, 15) is 9.59 Å². The van der Waals surface area contributed by atoms with Crippen LogP contribution in [0.1, 0.15) is 43.2 Å². The number of hydrogen-bond acceptors (Lipinski definition) is 7. The number of anilines is 1. The zero-order valence-corrected chi connectivity index (χ0v) is 20.1. The smallest absolute Gasteiger partial charge is 0.255 e. The molecule has 1 aliphatic heterocycles. The zero-order chi connectivity index (χ0) is 24.4. The summed E-state index contributed by atoms with van der Waals surface area (Å²) in [5, 5.41) is 6.21. The van der Waals surface area contributed by atoms with Crippen LogP contribution in [0.25, 0.3) is 0 Å². The number of aryl methyl sites for hydroxylation is 1. The van der Waals surface area contributed by atoms with Crippen LogP contribution in [0.4, 0.5) is 5.82 Å². The minimum atomic E-state index is -0.635. The maximum absolute atomic E-state index is 13.6. The molecule has 2 aliphatic rings. The van der Waals surface area contributed by atoms with E-state index < -0.39 is 5.92 Å². The first-order valence-electron chi connectivity index (χ1n) is 11.2. The topological polar surface area (TPSA) is 98.8 Å². The molecule has 4 rings (SSSR count). The van der Waals surface area contributed by atoms with Crippen LogP contribution < -0.4 is 24.8 Å². The van der Waals surface area contributed by atoms with E-state index in [1.807, 2.05) is 19.9 Å². The van der Waals surface area contributed by atoms with Crippen molar-refractivity contribution in [2.75, 3.05) is 26.6 Å². The van der Waals surface area contributed by atoms with Crippen LogP contribution in [0, 0.1) is 6.92 Å². The van der Waals surface area contributed by atoms with Gasteiger partial charge in [0.25, 0.3) is 5.91 Å². The standard InChI is InChI=1S/C26H29N3O5/c1-14-9-10-22(27-13-14)29-26(31)23-15(2)28-17-7-6-8-18(30)25(17)24(23)16-11-20(33-4)21(34-5)12-19(16)32-3/h9-13,24,28H,6-8H2,1-5H3,(H,27,29,31)/t24-/m1/s1. The van der Waals surface area contributed by atoms with Gasteiger partial charge < -0.3 is 24.8 Å². The normalized spacial score (nSPS) is 17.7. The van der Waals surface area contributed by atoms with Gasteiger partial charge in [-0.15, -0.1) is 0 Å². The van der Waals surface area contributed by atoms with Crippen molar-refractivity contribution >= 4 is 17.5 Å². The molecule has 0 spiro atoms. The molecule has 0 fully saturated rings. The number of amides is 1. The number of carbonyl (C=O) groups is 2. The van der Waals surface area contributed by atoms with E-state index in [-0.39, 0.29) is 11.7 Å². The molecule has 2 aromatic rings. The Balaban J connectivity index is 1.88. The van der Waals surface area contributed by atoms with Crippen molar-refractivity contribution in [2.45, 2.75) is 39.0 Å². The fourth-order valence-electron chi connectivity index (χ4n) is 4.60. The highest BCUT2D eigenvalue weighted by Gasteiger charge is 2.40. The molecule has 8 heteroatoms. The Kier molecular flexibility index (Phi) is 6.58. The molecule has 2 N–H and O–H groups in total. The van der Waals surface area contributed by atoms with Gasteiger partial charge in [-0.05, 0) is 44.4 Å². The largest absolute Gasteiger partial charge is 0.496 e. The third-order valence-corrected chi connectivity index (χ3v) is 6.22. The summed E-state index contributed by atoms with van der Waals surface area (Å²) in [5.41, 5.74) is 4.20. The van der Waals surface area contributed by atoms with Crippen molar-refractivity contribution in [1.82, 2.24) is 10.3 Å². The van der Waals surface area contributed by atoms with E-state index >= 15 is 0 Å². The average molecular weight is 464 g/mol. The molecule has 1 aliphatic carbocycles. The molecule has 178 valence electrons. The van der Waals surface area contributed by atoms with Crippen LogP contribution >= 0.6 is 0 Å². The summed E-state index contributed by atoms with van der Waals surface area (Å²) in [6, 6.07) is 7.13. The van der Waals surface area contributed by atoms with Crippen molar-refractivity contribution in [1.29, 1.82) is 0 Å². The summed E-state index contributed by atoms with van der Waals surface area (Å²) in [7, 11) is 4.64. The lowest BCUT2D eigenvalue weighted by molar-refractivity contribution is -0.116. The summed E-state index contributed by atoms with van der Waals surface area (Å²) in [6.45, 7) is 3.78. The molecule has 1 aromatic heterocycles. The van der Waals surface area contributed by atoms with E-state index in [1.165, 1.54) is 0 Å². The first-order chi connectivity index (χ1) is 16.4. The minimum absolute atomic E-state index is 0.0156. The second-order valence-electron chi connectivity index (χ2n) is 8.39. The summed E-state index contributed by atoms with van der Waals surface area (Å²) in [6.07, 6.45) is 3.62. The number of methoxy groups -OCH3 is 3. The van der Waals surface area contributed by atoms with Crippen LogP contribution in [0.3, 0.4) is 0 Å². The molecule has 2 heterocycles. The van der Waals surface area contributed by atoms with Gasteiger partial charge in [0.1, 0.15) is 11.6 Å². The molecule has 0 bridgehead atoms. The minimum Gasteiger partial charge on any atom is -0.496 e. The number of allylic oxidation sites excluding steroid dienone is 3. The predicted molar refractivity (Wildman–Crippen MR) is 128 cm³/mol. The molecule has 0 saturated heterocycles. The maximum atomic E-state index is 13.6. The molecule has 1 aromatic carbocycles. The molecular weight excluding hydrogens is 434 g/mol. The highest BCUT2D eigenvalue weighted by atomic mass is 16.5. The first-order valence-corrected chi connectivity index (χ1v) is 11.2. The fraction of sp³-hybridized carbons (Fsp3) is 0.346. The number of dihydropyridines is 1. The van der Waals surface area contributed by atoms with Crippen LogP contribution in [0.15, 0.2) is 53.0 Å². The molecule has 34 heavy (non-hydrogen) atoms. The Bertz CT molecular complexity index is 1200. The van der Waals surface area contributed by atoms with Gasteiger partial charge in [-0.3, -0.25) is 9.59 Å². The van der Waals surface area contributed by atoms with Gasteiger partial charge >= 0.3 is 0 Å². The van der Waals surface area contributed by atoms with E-state index in [0.717, 1.165) is 24.1 Å². The quantitative estimate of drug-likeness (QED) is 0.668. The third kappa shape index (κ3) is 4.23. The highest BCUT2D eigenvalue weighted by molar-refractivity contribution is 6.09. The summed E-state index contributed by atoms with van der Waals surface area (Å²) in [5.74, 6) is 0.959. The number of nitrogens with one attached hydrogen (secondary N) is 2. The summed E-state index contributed by atoms with van der Waals surface area (Å²) in [4.78, 5) is 31.1. The number of hydrogen-bond donors (Lipinski definition) is 2.